The minimum atomic E-state index is 0.140. The fraction of sp³-hybridized carbons (Fsp3) is 0.588. The summed E-state index contributed by atoms with van der Waals surface area (Å²) in [7, 11) is 0. The quantitative estimate of drug-likeness (QED) is 0.814. The third-order valence-electron chi connectivity index (χ3n) is 3.76. The van der Waals surface area contributed by atoms with Crippen molar-refractivity contribution in [2.75, 3.05) is 18.4 Å². The summed E-state index contributed by atoms with van der Waals surface area (Å²) in [4.78, 5) is 14.6. The molecule has 0 saturated heterocycles. The van der Waals surface area contributed by atoms with Gasteiger partial charge in [0.1, 0.15) is 0 Å². The van der Waals surface area contributed by atoms with Gasteiger partial charge in [0.15, 0.2) is 0 Å². The highest BCUT2D eigenvalue weighted by atomic mass is 16.2. The second-order valence-corrected chi connectivity index (χ2v) is 5.30. The van der Waals surface area contributed by atoms with Crippen LogP contribution in [0.3, 0.4) is 0 Å². The van der Waals surface area contributed by atoms with Gasteiger partial charge in [-0.05, 0) is 57.4 Å². The van der Waals surface area contributed by atoms with Gasteiger partial charge in [0, 0.05) is 30.4 Å². The first kappa shape index (κ1) is 16.5. The molecule has 1 atom stereocenters. The zero-order valence-electron chi connectivity index (χ0n) is 13.5. The maximum atomic E-state index is 12.6. The van der Waals surface area contributed by atoms with Gasteiger partial charge in [-0.1, -0.05) is 13.8 Å². The molecule has 1 aromatic rings. The van der Waals surface area contributed by atoms with Gasteiger partial charge in [-0.2, -0.15) is 0 Å². The number of nitrogens with zero attached hydrogens (tertiary/aromatic N) is 1. The van der Waals surface area contributed by atoms with Crippen LogP contribution in [0.5, 0.6) is 0 Å². The van der Waals surface area contributed by atoms with Crippen LogP contribution in [-0.2, 0) is 0 Å². The van der Waals surface area contributed by atoms with Crippen LogP contribution in [0.1, 0.15) is 56.5 Å². The number of anilines is 1. The van der Waals surface area contributed by atoms with E-state index in [4.69, 9.17) is 0 Å². The smallest absolute Gasteiger partial charge is 0.254 e. The second-order valence-electron chi connectivity index (χ2n) is 5.30. The van der Waals surface area contributed by atoms with Crippen molar-refractivity contribution in [2.24, 2.45) is 0 Å². The third kappa shape index (κ3) is 3.99. The number of carbonyl (C=O) groups is 1. The molecule has 0 fully saturated rings. The Morgan fingerprint density at radius 2 is 2.00 bits per heavy atom. The monoisotopic (exact) mass is 276 g/mol. The normalized spacial score (nSPS) is 12.1. The Morgan fingerprint density at radius 1 is 1.30 bits per heavy atom. The van der Waals surface area contributed by atoms with E-state index >= 15 is 0 Å². The average Bonchev–Trinajstić information content (AvgIpc) is 2.45. The molecule has 3 heteroatoms. The SMILES string of the molecule is CCCNc1ccc(C(=O)N(CC)C(C)CC)c(C)c1. The number of hydrogen-bond donors (Lipinski definition) is 1. The molecule has 0 bridgehead atoms. The van der Waals surface area contributed by atoms with Gasteiger partial charge in [-0.25, -0.2) is 0 Å². The maximum absolute atomic E-state index is 12.6. The van der Waals surface area contributed by atoms with Crippen LogP contribution in [0.25, 0.3) is 0 Å². The Bertz CT molecular complexity index is 443. The molecule has 1 rings (SSSR count). The van der Waals surface area contributed by atoms with Crippen LogP contribution in [0, 0.1) is 6.92 Å². The molecule has 20 heavy (non-hydrogen) atoms. The molecule has 0 aliphatic rings. The van der Waals surface area contributed by atoms with E-state index in [-0.39, 0.29) is 11.9 Å². The molecule has 3 nitrogen and oxygen atoms in total. The lowest BCUT2D eigenvalue weighted by Crippen LogP contribution is -2.38. The second kappa shape index (κ2) is 7.93. The Morgan fingerprint density at radius 3 is 2.50 bits per heavy atom. The highest BCUT2D eigenvalue weighted by Crippen LogP contribution is 2.18. The highest BCUT2D eigenvalue weighted by molar-refractivity contribution is 5.96. The number of hydrogen-bond acceptors (Lipinski definition) is 2. The molecule has 1 N–H and O–H groups in total. The van der Waals surface area contributed by atoms with Crippen molar-refractivity contribution in [3.63, 3.8) is 0 Å². The topological polar surface area (TPSA) is 32.3 Å². The van der Waals surface area contributed by atoms with Crippen LogP contribution in [-0.4, -0.2) is 29.9 Å². The fourth-order valence-electron chi connectivity index (χ4n) is 2.31. The zero-order chi connectivity index (χ0) is 15.1. The summed E-state index contributed by atoms with van der Waals surface area (Å²) in [5.41, 5.74) is 2.94. The van der Waals surface area contributed by atoms with Crippen LogP contribution >= 0.6 is 0 Å². The standard InChI is InChI=1S/C17H28N2O/c1-6-11-18-15-9-10-16(13(4)12-15)17(20)19(8-3)14(5)7-2/h9-10,12,14,18H,6-8,11H2,1-5H3. The van der Waals surface area contributed by atoms with E-state index in [9.17, 15) is 4.79 Å². The molecule has 0 radical (unpaired) electrons. The van der Waals surface area contributed by atoms with Gasteiger partial charge in [-0.15, -0.1) is 0 Å². The third-order valence-corrected chi connectivity index (χ3v) is 3.76. The van der Waals surface area contributed by atoms with E-state index in [1.165, 1.54) is 0 Å². The lowest BCUT2D eigenvalue weighted by molar-refractivity contribution is 0.0699. The minimum absolute atomic E-state index is 0.140. The van der Waals surface area contributed by atoms with E-state index in [2.05, 4.69) is 32.2 Å². The van der Waals surface area contributed by atoms with Crippen LogP contribution in [0.15, 0.2) is 18.2 Å². The number of nitrogens with one attached hydrogen (secondary N) is 1. The molecular weight excluding hydrogens is 248 g/mol. The first-order valence-corrected chi connectivity index (χ1v) is 7.70. The number of amides is 1. The van der Waals surface area contributed by atoms with Crippen molar-refractivity contribution in [2.45, 2.75) is 53.5 Å². The first-order valence-electron chi connectivity index (χ1n) is 7.70. The van der Waals surface area contributed by atoms with Gasteiger partial charge in [-0.3, -0.25) is 4.79 Å². The van der Waals surface area contributed by atoms with E-state index in [1.807, 2.05) is 30.9 Å². The number of rotatable bonds is 7. The number of carbonyl (C=O) groups excluding carboxylic acids is 1. The Labute approximate surface area is 123 Å². The van der Waals surface area contributed by atoms with E-state index in [1.54, 1.807) is 0 Å². The Balaban J connectivity index is 2.92. The summed E-state index contributed by atoms with van der Waals surface area (Å²) in [5, 5.41) is 3.35. The van der Waals surface area contributed by atoms with Gasteiger partial charge in [0.25, 0.3) is 5.91 Å². The van der Waals surface area contributed by atoms with Crippen LogP contribution < -0.4 is 5.32 Å². The van der Waals surface area contributed by atoms with Gasteiger partial charge >= 0.3 is 0 Å². The number of aryl methyl sites for hydroxylation is 1. The van der Waals surface area contributed by atoms with Crippen molar-refractivity contribution in [1.82, 2.24) is 4.90 Å². The predicted octanol–water partition coefficient (Wildman–Crippen LogP) is 4.08. The summed E-state index contributed by atoms with van der Waals surface area (Å²) < 4.78 is 0. The molecule has 1 amide bonds. The van der Waals surface area contributed by atoms with E-state index < -0.39 is 0 Å². The van der Waals surface area contributed by atoms with Crippen molar-refractivity contribution in [3.05, 3.63) is 29.3 Å². The molecule has 0 aliphatic carbocycles. The number of benzene rings is 1. The molecule has 0 aliphatic heterocycles. The minimum Gasteiger partial charge on any atom is -0.385 e. The van der Waals surface area contributed by atoms with Gasteiger partial charge in [0.2, 0.25) is 0 Å². The lowest BCUT2D eigenvalue weighted by atomic mass is 10.0. The summed E-state index contributed by atoms with van der Waals surface area (Å²) >= 11 is 0. The molecule has 0 saturated carbocycles. The predicted molar refractivity (Wildman–Crippen MR) is 86.4 cm³/mol. The summed E-state index contributed by atoms with van der Waals surface area (Å²) in [6.45, 7) is 12.1. The zero-order valence-corrected chi connectivity index (χ0v) is 13.5. The van der Waals surface area contributed by atoms with Gasteiger partial charge in [0.05, 0.1) is 0 Å². The molecule has 0 aromatic heterocycles. The largest absolute Gasteiger partial charge is 0.385 e. The van der Waals surface area contributed by atoms with E-state index in [0.29, 0.717) is 0 Å². The molecule has 1 unspecified atom stereocenters. The Hall–Kier alpha value is -1.51. The van der Waals surface area contributed by atoms with Crippen LogP contribution in [0.4, 0.5) is 5.69 Å². The first-order chi connectivity index (χ1) is 9.54. The summed E-state index contributed by atoms with van der Waals surface area (Å²) in [6.07, 6.45) is 2.08. The highest BCUT2D eigenvalue weighted by Gasteiger charge is 2.20. The van der Waals surface area contributed by atoms with E-state index in [0.717, 1.165) is 42.7 Å². The molecule has 0 heterocycles. The van der Waals surface area contributed by atoms with Gasteiger partial charge < -0.3 is 10.2 Å². The van der Waals surface area contributed by atoms with Crippen molar-refractivity contribution >= 4 is 11.6 Å². The molecular formula is C17H28N2O. The Kier molecular flexibility index (Phi) is 6.56. The lowest BCUT2D eigenvalue weighted by Gasteiger charge is -2.28. The molecule has 1 aromatic carbocycles. The average molecular weight is 276 g/mol. The van der Waals surface area contributed by atoms with Crippen molar-refractivity contribution < 1.29 is 4.79 Å². The summed E-state index contributed by atoms with van der Waals surface area (Å²) in [5.74, 6) is 0.140. The maximum Gasteiger partial charge on any atom is 0.254 e. The van der Waals surface area contributed by atoms with Crippen molar-refractivity contribution in [3.8, 4) is 0 Å². The fourth-order valence-corrected chi connectivity index (χ4v) is 2.31. The molecule has 0 spiro atoms. The summed E-state index contributed by atoms with van der Waals surface area (Å²) in [6, 6.07) is 6.29. The van der Waals surface area contributed by atoms with Crippen LogP contribution in [0.2, 0.25) is 0 Å². The molecule has 112 valence electrons. The van der Waals surface area contributed by atoms with Crippen molar-refractivity contribution in [1.29, 1.82) is 0 Å².